The zero-order chi connectivity index (χ0) is 90.1. The van der Waals surface area contributed by atoms with Gasteiger partial charge in [0, 0.05) is 48.5 Å². The van der Waals surface area contributed by atoms with Gasteiger partial charge in [0.2, 0.25) is 0 Å². The van der Waals surface area contributed by atoms with Crippen molar-refractivity contribution in [2.24, 2.45) is 0 Å². The summed E-state index contributed by atoms with van der Waals surface area (Å²) in [6.45, 7) is 0. The molecule has 29 rings (SSSR count). The largest absolute Gasteiger partial charge is 0.455 e. The zero-order valence-electron chi connectivity index (χ0n) is 74.6. The molecule has 3 heterocycles. The maximum absolute atomic E-state index is 6.49. The van der Waals surface area contributed by atoms with Crippen LogP contribution < -0.4 is 0 Å². The zero-order valence-corrected chi connectivity index (χ0v) is 74.6. The van der Waals surface area contributed by atoms with Crippen LogP contribution in [-0.4, -0.2) is 0 Å². The van der Waals surface area contributed by atoms with Gasteiger partial charge >= 0.3 is 0 Å². The van der Waals surface area contributed by atoms with Crippen molar-refractivity contribution in [3.05, 3.63) is 497 Å². The van der Waals surface area contributed by atoms with Gasteiger partial charge in [0.05, 0.1) is 0 Å². The fourth-order valence-corrected chi connectivity index (χ4v) is 22.4. The van der Waals surface area contributed by atoms with Crippen LogP contribution in [0, 0.1) is 0 Å². The van der Waals surface area contributed by atoms with E-state index in [0.717, 1.165) is 82.0 Å². The summed E-state index contributed by atoms with van der Waals surface area (Å²) in [6.07, 6.45) is 0. The number of fused-ring (bicyclic) bond motifs is 23. The quantitative estimate of drug-likeness (QED) is 0.135. The first-order valence-electron chi connectivity index (χ1n) is 47.1. The van der Waals surface area contributed by atoms with Crippen molar-refractivity contribution in [2.75, 3.05) is 0 Å². The molecule has 3 nitrogen and oxygen atoms in total. The lowest BCUT2D eigenvalue weighted by Crippen LogP contribution is -1.93. The molecule has 29 aromatic rings. The van der Waals surface area contributed by atoms with Gasteiger partial charge in [-0.3, -0.25) is 0 Å². The Morgan fingerprint density at radius 1 is 0.102 bits per heavy atom. The van der Waals surface area contributed by atoms with Crippen LogP contribution >= 0.6 is 0 Å². The highest BCUT2D eigenvalue weighted by atomic mass is 16.3. The first kappa shape index (κ1) is 78.8. The molecule has 0 amide bonds. The van der Waals surface area contributed by atoms with E-state index in [1.54, 1.807) is 0 Å². The van der Waals surface area contributed by atoms with Crippen LogP contribution in [0.5, 0.6) is 0 Å². The second-order valence-electron chi connectivity index (χ2n) is 36.1. The van der Waals surface area contributed by atoms with Crippen molar-refractivity contribution in [3.63, 3.8) is 0 Å². The highest BCUT2D eigenvalue weighted by Crippen LogP contribution is 2.53. The number of hydrogen-bond acceptors (Lipinski definition) is 3. The topological polar surface area (TPSA) is 39.4 Å². The monoisotopic (exact) mass is 1740 g/mol. The first-order valence-corrected chi connectivity index (χ1v) is 47.1. The van der Waals surface area contributed by atoms with Gasteiger partial charge in [-0.1, -0.05) is 437 Å². The molecule has 0 N–H and O–H groups in total. The van der Waals surface area contributed by atoms with E-state index >= 15 is 0 Å². The fourth-order valence-electron chi connectivity index (χ4n) is 22.4. The number of hydrogen-bond donors (Lipinski definition) is 0. The third kappa shape index (κ3) is 13.1. The van der Waals surface area contributed by atoms with Gasteiger partial charge in [-0.05, 0) is 263 Å². The lowest BCUT2D eigenvalue weighted by Gasteiger charge is -2.20. The van der Waals surface area contributed by atoms with Gasteiger partial charge in [0.1, 0.15) is 33.5 Å². The Labute approximate surface area is 789 Å². The molecule has 0 atom stereocenters. The summed E-state index contributed by atoms with van der Waals surface area (Å²) in [5, 5.41) is 33.9. The molecule has 0 saturated carbocycles. The van der Waals surface area contributed by atoms with Gasteiger partial charge in [-0.15, -0.1) is 0 Å². The third-order valence-corrected chi connectivity index (χ3v) is 28.6. The predicted octanol–water partition coefficient (Wildman–Crippen LogP) is 38.4. The van der Waals surface area contributed by atoms with Crippen LogP contribution in [-0.2, 0) is 0 Å². The highest BCUT2D eigenvalue weighted by molar-refractivity contribution is 6.28. The lowest BCUT2D eigenvalue weighted by molar-refractivity contribution is 0.672. The Hall–Kier alpha value is -18.0. The molecule has 3 aromatic heterocycles. The standard InChI is InChI=1S/2C46H28O.C42H26O/c1-3-16-34-29(11-1)13-10-22-35(34)31-14-9-15-32(27-31)44-37-18-5-7-20-39(37)45(40-21-8-6-19-38(40)44)33-24-26-43-42(28-33)41-25-23-30-12-2-4-17-36(30)46(41)47-43;1-3-15-32-29(12-1)14-11-23-34(32)35-17-5-6-18-36(35)45-39-21-9-7-19-37(39)44(38-20-8-10-22-40(38)45)31-25-27-43-42(28-31)41-26-24-30-13-2-4-16-33(30)46(41)47-43;1-2-10-27(11-3-1)28-18-20-30(21-19-28)40-33-14-6-8-16-35(33)41(36-17-9-7-15-34(36)40)31-23-25-39-38(26-31)37-24-22-29-12-4-5-13-32(29)42(37)43-39/h2*1-28H;1-26H. The number of furan rings is 3. The van der Waals surface area contributed by atoms with Gasteiger partial charge in [0.25, 0.3) is 0 Å². The van der Waals surface area contributed by atoms with Gasteiger partial charge in [-0.2, -0.15) is 0 Å². The predicted molar refractivity (Wildman–Crippen MR) is 583 cm³/mol. The molecule has 0 aliphatic heterocycles. The molecule has 0 fully saturated rings. The molecule has 0 radical (unpaired) electrons. The summed E-state index contributed by atoms with van der Waals surface area (Å²) in [6, 6.07) is 180. The van der Waals surface area contributed by atoms with E-state index in [4.69, 9.17) is 13.3 Å². The smallest absolute Gasteiger partial charge is 0.143 e. The lowest BCUT2D eigenvalue weighted by atomic mass is 9.83. The van der Waals surface area contributed by atoms with Crippen LogP contribution in [0.15, 0.2) is 511 Å². The Kier molecular flexibility index (Phi) is 18.7. The first-order chi connectivity index (χ1) is 68.0. The van der Waals surface area contributed by atoms with E-state index in [0.29, 0.717) is 0 Å². The Morgan fingerprint density at radius 3 is 0.715 bits per heavy atom. The minimum atomic E-state index is 0.911. The summed E-state index contributed by atoms with van der Waals surface area (Å²) in [5.41, 5.74) is 27.8. The van der Waals surface area contributed by atoms with Gasteiger partial charge < -0.3 is 13.3 Å². The molecule has 636 valence electrons. The highest BCUT2D eigenvalue weighted by Gasteiger charge is 2.26. The summed E-state index contributed by atoms with van der Waals surface area (Å²) in [5.74, 6) is 0. The van der Waals surface area contributed by atoms with E-state index in [9.17, 15) is 0 Å². The van der Waals surface area contributed by atoms with Crippen LogP contribution in [0.4, 0.5) is 0 Å². The molecule has 0 bridgehead atoms. The molecule has 137 heavy (non-hydrogen) atoms. The van der Waals surface area contributed by atoms with E-state index in [-0.39, 0.29) is 0 Å². The van der Waals surface area contributed by atoms with E-state index in [1.165, 1.54) is 202 Å². The van der Waals surface area contributed by atoms with Crippen LogP contribution in [0.1, 0.15) is 0 Å². The average Bonchev–Trinajstić information content (AvgIpc) is 1.63. The molecule has 26 aromatic carbocycles. The molecule has 0 spiro atoms. The minimum absolute atomic E-state index is 0.911. The normalized spacial score (nSPS) is 11.8. The minimum Gasteiger partial charge on any atom is -0.455 e. The second kappa shape index (κ2) is 32.5. The third-order valence-electron chi connectivity index (χ3n) is 28.6. The molecule has 0 saturated heterocycles. The Balaban J connectivity index is 0.000000104. The van der Waals surface area contributed by atoms with E-state index < -0.39 is 0 Å². The van der Waals surface area contributed by atoms with Crippen LogP contribution in [0.2, 0.25) is 0 Å². The molecule has 0 aliphatic rings. The van der Waals surface area contributed by atoms with Gasteiger partial charge in [-0.25, -0.2) is 0 Å². The van der Waals surface area contributed by atoms with Crippen LogP contribution in [0.3, 0.4) is 0 Å². The fraction of sp³-hybridized carbons (Fsp3) is 0. The number of benzene rings is 26. The van der Waals surface area contributed by atoms with Crippen molar-refractivity contribution in [1.29, 1.82) is 0 Å². The maximum Gasteiger partial charge on any atom is 0.143 e. The van der Waals surface area contributed by atoms with Crippen molar-refractivity contribution >= 4 is 184 Å². The van der Waals surface area contributed by atoms with Crippen molar-refractivity contribution < 1.29 is 13.3 Å². The number of rotatable bonds is 9. The Morgan fingerprint density at radius 2 is 0.336 bits per heavy atom. The van der Waals surface area contributed by atoms with E-state index in [1.807, 2.05) is 0 Å². The van der Waals surface area contributed by atoms with Crippen LogP contribution in [0.25, 0.3) is 284 Å². The summed E-state index contributed by atoms with van der Waals surface area (Å²) in [7, 11) is 0. The summed E-state index contributed by atoms with van der Waals surface area (Å²) < 4.78 is 19.4. The van der Waals surface area contributed by atoms with E-state index in [2.05, 4.69) is 497 Å². The summed E-state index contributed by atoms with van der Waals surface area (Å²) in [4.78, 5) is 0. The molecule has 0 unspecified atom stereocenters. The average molecular weight is 1740 g/mol. The van der Waals surface area contributed by atoms with Crippen molar-refractivity contribution in [1.82, 2.24) is 0 Å². The van der Waals surface area contributed by atoms with Crippen molar-refractivity contribution in [3.8, 4) is 100 Å². The summed E-state index contributed by atoms with van der Waals surface area (Å²) >= 11 is 0. The molecular formula is C134H82O3. The molecular weight excluding hydrogens is 1660 g/mol. The van der Waals surface area contributed by atoms with Crippen molar-refractivity contribution in [2.45, 2.75) is 0 Å². The Bertz CT molecular complexity index is 9820. The molecule has 3 heteroatoms. The molecule has 0 aliphatic carbocycles. The second-order valence-corrected chi connectivity index (χ2v) is 36.1. The maximum atomic E-state index is 6.49. The SMILES string of the molecule is c1cc(-c2cccc3ccccc23)cc(-c2c3ccccc3c(-c3ccc4oc5c6ccccc6ccc5c4c3)c3ccccc23)c1.c1ccc(-c2c3ccccc3c(-c3ccc4oc5c6ccccc6ccc5c4c3)c3ccccc23)c(-c2cccc3ccccc23)c1.c1ccc(-c2ccc(-c3c4ccccc4c(-c4ccc5oc6c7ccccc7ccc6c5c4)c4ccccc34)cc2)cc1. The van der Waals surface area contributed by atoms with Gasteiger partial charge in [0.15, 0.2) is 0 Å².